The first-order chi connectivity index (χ1) is 12.3. The van der Waals surface area contributed by atoms with Crippen LogP contribution in [0.5, 0.6) is 0 Å². The highest BCUT2D eigenvalue weighted by molar-refractivity contribution is 5.79. The lowest BCUT2D eigenvalue weighted by molar-refractivity contribution is 0.152. The maximum Gasteiger partial charge on any atom is 0.191 e. The van der Waals surface area contributed by atoms with Gasteiger partial charge in [0.25, 0.3) is 0 Å². The summed E-state index contributed by atoms with van der Waals surface area (Å²) in [6.45, 7) is 9.96. The van der Waals surface area contributed by atoms with Crippen LogP contribution in [-0.4, -0.2) is 50.3 Å². The molecule has 1 aliphatic rings. The summed E-state index contributed by atoms with van der Waals surface area (Å²) in [5.41, 5.74) is 1.13. The van der Waals surface area contributed by atoms with Crippen molar-refractivity contribution < 1.29 is 4.74 Å². The van der Waals surface area contributed by atoms with Gasteiger partial charge in [0.2, 0.25) is 0 Å². The number of nitrogens with zero attached hydrogens (tertiary/aromatic N) is 3. The molecule has 0 bridgehead atoms. The van der Waals surface area contributed by atoms with Gasteiger partial charge >= 0.3 is 0 Å². The average Bonchev–Trinajstić information content (AvgIpc) is 2.93. The fourth-order valence-electron chi connectivity index (χ4n) is 2.90. The molecule has 1 fully saturated rings. The van der Waals surface area contributed by atoms with Gasteiger partial charge in [0, 0.05) is 39.0 Å². The number of guanidine groups is 1. The Hall–Kier alpha value is -1.82. The molecule has 2 heterocycles. The van der Waals surface area contributed by atoms with Gasteiger partial charge < -0.3 is 20.3 Å². The number of rotatable bonds is 8. The minimum absolute atomic E-state index is 0.622. The van der Waals surface area contributed by atoms with Crippen LogP contribution in [0.3, 0.4) is 0 Å². The molecule has 0 aliphatic carbocycles. The van der Waals surface area contributed by atoms with Crippen molar-refractivity contribution in [1.29, 1.82) is 0 Å². The van der Waals surface area contributed by atoms with Crippen molar-refractivity contribution in [1.82, 2.24) is 15.6 Å². The zero-order chi connectivity index (χ0) is 17.7. The number of hydrogen-bond acceptors (Lipinski definition) is 4. The van der Waals surface area contributed by atoms with Crippen molar-refractivity contribution in [2.24, 2.45) is 4.99 Å². The van der Waals surface area contributed by atoms with E-state index in [4.69, 9.17) is 4.74 Å². The van der Waals surface area contributed by atoms with E-state index >= 15 is 0 Å². The van der Waals surface area contributed by atoms with Crippen LogP contribution in [0, 0.1) is 0 Å². The molecule has 0 atom stereocenters. The molecule has 1 aliphatic heterocycles. The van der Waals surface area contributed by atoms with Gasteiger partial charge in [-0.3, -0.25) is 0 Å². The molecule has 0 unspecified atom stereocenters. The SMILES string of the molecule is CCNC(=NCc1ccc(N2CCCCCC2)nc1)NCCOCC. The largest absolute Gasteiger partial charge is 0.380 e. The fourth-order valence-corrected chi connectivity index (χ4v) is 2.90. The summed E-state index contributed by atoms with van der Waals surface area (Å²) in [5, 5.41) is 6.54. The number of aliphatic imine (C=N–C) groups is 1. The Morgan fingerprint density at radius 1 is 1.16 bits per heavy atom. The Kier molecular flexibility index (Phi) is 9.12. The van der Waals surface area contributed by atoms with Gasteiger partial charge in [0.1, 0.15) is 5.82 Å². The van der Waals surface area contributed by atoms with Gasteiger partial charge in [-0.15, -0.1) is 0 Å². The van der Waals surface area contributed by atoms with E-state index in [0.717, 1.165) is 50.1 Å². The summed E-state index contributed by atoms with van der Waals surface area (Å²) in [5.74, 6) is 1.91. The van der Waals surface area contributed by atoms with Crippen LogP contribution in [0.4, 0.5) is 5.82 Å². The fraction of sp³-hybridized carbons (Fsp3) is 0.684. The van der Waals surface area contributed by atoms with Gasteiger partial charge in [-0.1, -0.05) is 18.9 Å². The predicted octanol–water partition coefficient (Wildman–Crippen LogP) is 2.55. The lowest BCUT2D eigenvalue weighted by Crippen LogP contribution is -2.39. The van der Waals surface area contributed by atoms with Crippen LogP contribution in [-0.2, 0) is 11.3 Å². The highest BCUT2D eigenvalue weighted by Gasteiger charge is 2.10. The molecule has 25 heavy (non-hydrogen) atoms. The Morgan fingerprint density at radius 3 is 2.60 bits per heavy atom. The van der Waals surface area contributed by atoms with Crippen LogP contribution in [0.25, 0.3) is 0 Å². The highest BCUT2D eigenvalue weighted by atomic mass is 16.5. The van der Waals surface area contributed by atoms with Gasteiger partial charge in [-0.2, -0.15) is 0 Å². The van der Waals surface area contributed by atoms with E-state index in [1.807, 2.05) is 13.1 Å². The number of pyridine rings is 1. The van der Waals surface area contributed by atoms with E-state index in [2.05, 4.69) is 44.6 Å². The monoisotopic (exact) mass is 347 g/mol. The number of nitrogens with one attached hydrogen (secondary N) is 2. The molecule has 1 aromatic rings. The first kappa shape index (κ1) is 19.5. The molecular weight excluding hydrogens is 314 g/mol. The topological polar surface area (TPSA) is 61.8 Å². The quantitative estimate of drug-likeness (QED) is 0.430. The third kappa shape index (κ3) is 7.30. The van der Waals surface area contributed by atoms with Crippen molar-refractivity contribution in [2.45, 2.75) is 46.1 Å². The third-order valence-electron chi connectivity index (χ3n) is 4.25. The Morgan fingerprint density at radius 2 is 1.96 bits per heavy atom. The molecule has 0 radical (unpaired) electrons. The zero-order valence-electron chi connectivity index (χ0n) is 15.8. The first-order valence-electron chi connectivity index (χ1n) is 9.63. The van der Waals surface area contributed by atoms with Crippen LogP contribution < -0.4 is 15.5 Å². The normalized spacial score (nSPS) is 15.8. The molecule has 6 heteroatoms. The minimum Gasteiger partial charge on any atom is -0.380 e. The molecule has 2 rings (SSSR count). The van der Waals surface area contributed by atoms with Gasteiger partial charge in [-0.25, -0.2) is 9.98 Å². The Balaban J connectivity index is 1.87. The van der Waals surface area contributed by atoms with E-state index in [0.29, 0.717) is 13.2 Å². The van der Waals surface area contributed by atoms with E-state index in [1.54, 1.807) is 0 Å². The predicted molar refractivity (Wildman–Crippen MR) is 104 cm³/mol. The second kappa shape index (κ2) is 11.7. The summed E-state index contributed by atoms with van der Waals surface area (Å²) in [7, 11) is 0. The summed E-state index contributed by atoms with van der Waals surface area (Å²) in [6.07, 6.45) is 7.17. The summed E-state index contributed by atoms with van der Waals surface area (Å²) >= 11 is 0. The van der Waals surface area contributed by atoms with Gasteiger partial charge in [0.05, 0.1) is 13.2 Å². The first-order valence-corrected chi connectivity index (χ1v) is 9.63. The molecule has 0 amide bonds. The molecule has 140 valence electrons. The van der Waals surface area contributed by atoms with Crippen molar-refractivity contribution in [2.75, 3.05) is 44.3 Å². The molecular formula is C19H33N5O. The smallest absolute Gasteiger partial charge is 0.191 e. The number of ether oxygens (including phenoxy) is 1. The lowest BCUT2D eigenvalue weighted by atomic mass is 10.2. The standard InChI is InChI=1S/C19H33N5O/c1-3-20-19(21-11-14-25-4-2)23-16-17-9-10-18(22-15-17)24-12-7-5-6-8-13-24/h9-10,15H,3-8,11-14,16H2,1-2H3,(H2,20,21,23). The number of aromatic nitrogens is 1. The van der Waals surface area contributed by atoms with Crippen LogP contribution >= 0.6 is 0 Å². The third-order valence-corrected chi connectivity index (χ3v) is 4.25. The molecule has 0 spiro atoms. The molecule has 0 aromatic carbocycles. The molecule has 6 nitrogen and oxygen atoms in total. The van der Waals surface area contributed by atoms with Crippen molar-refractivity contribution >= 4 is 11.8 Å². The minimum atomic E-state index is 0.622. The Bertz CT molecular complexity index is 495. The Labute approximate surface area is 152 Å². The van der Waals surface area contributed by atoms with Crippen LogP contribution in [0.15, 0.2) is 23.3 Å². The van der Waals surface area contributed by atoms with E-state index < -0.39 is 0 Å². The maximum atomic E-state index is 5.34. The highest BCUT2D eigenvalue weighted by Crippen LogP contribution is 2.17. The molecule has 1 aromatic heterocycles. The van der Waals surface area contributed by atoms with Crippen LogP contribution in [0.1, 0.15) is 45.1 Å². The van der Waals surface area contributed by atoms with Crippen molar-refractivity contribution in [3.8, 4) is 0 Å². The van der Waals surface area contributed by atoms with E-state index in [1.165, 1.54) is 25.7 Å². The zero-order valence-corrected chi connectivity index (χ0v) is 15.8. The molecule has 0 saturated carbocycles. The van der Waals surface area contributed by atoms with E-state index in [-0.39, 0.29) is 0 Å². The van der Waals surface area contributed by atoms with Gasteiger partial charge in [-0.05, 0) is 38.3 Å². The number of anilines is 1. The average molecular weight is 348 g/mol. The molecule has 2 N–H and O–H groups in total. The van der Waals surface area contributed by atoms with Crippen molar-refractivity contribution in [3.63, 3.8) is 0 Å². The summed E-state index contributed by atoms with van der Waals surface area (Å²) in [4.78, 5) is 11.7. The second-order valence-electron chi connectivity index (χ2n) is 6.24. The molecule has 1 saturated heterocycles. The second-order valence-corrected chi connectivity index (χ2v) is 6.24. The maximum absolute atomic E-state index is 5.34. The summed E-state index contributed by atoms with van der Waals surface area (Å²) < 4.78 is 5.34. The van der Waals surface area contributed by atoms with Crippen molar-refractivity contribution in [3.05, 3.63) is 23.9 Å². The number of hydrogen-bond donors (Lipinski definition) is 2. The van der Waals surface area contributed by atoms with Crippen LogP contribution in [0.2, 0.25) is 0 Å². The van der Waals surface area contributed by atoms with E-state index in [9.17, 15) is 0 Å². The summed E-state index contributed by atoms with van der Waals surface area (Å²) in [6, 6.07) is 4.27. The lowest BCUT2D eigenvalue weighted by Gasteiger charge is -2.21. The van der Waals surface area contributed by atoms with Gasteiger partial charge in [0.15, 0.2) is 5.96 Å².